The van der Waals surface area contributed by atoms with Crippen molar-refractivity contribution in [1.82, 2.24) is 14.9 Å². The molecule has 1 aromatic carbocycles. The predicted molar refractivity (Wildman–Crippen MR) is 126 cm³/mol. The molecule has 0 spiro atoms. The SMILES string of the molecule is CCc1nc(C)nc(N2CCN(CC(O)COC(C)C)CC2)c1Cc1cccc(C)c1. The molecule has 2 aromatic rings. The van der Waals surface area contributed by atoms with E-state index in [1.54, 1.807) is 0 Å². The third-order valence-corrected chi connectivity index (χ3v) is 5.74. The van der Waals surface area contributed by atoms with Gasteiger partial charge in [-0.2, -0.15) is 0 Å². The average molecular weight is 427 g/mol. The number of hydrogen-bond acceptors (Lipinski definition) is 6. The van der Waals surface area contributed by atoms with Crippen LogP contribution >= 0.6 is 0 Å². The van der Waals surface area contributed by atoms with Crippen molar-refractivity contribution >= 4 is 5.82 Å². The van der Waals surface area contributed by atoms with Crippen molar-refractivity contribution in [3.8, 4) is 0 Å². The highest BCUT2D eigenvalue weighted by Gasteiger charge is 2.24. The molecule has 0 radical (unpaired) electrons. The van der Waals surface area contributed by atoms with Crippen molar-refractivity contribution in [2.45, 2.75) is 59.7 Å². The zero-order valence-electron chi connectivity index (χ0n) is 19.8. The number of benzene rings is 1. The molecule has 0 aliphatic carbocycles. The summed E-state index contributed by atoms with van der Waals surface area (Å²) in [4.78, 5) is 14.4. The van der Waals surface area contributed by atoms with Gasteiger partial charge in [-0.25, -0.2) is 9.97 Å². The molecule has 1 atom stereocenters. The molecule has 1 N–H and O–H groups in total. The van der Waals surface area contributed by atoms with Gasteiger partial charge in [0.15, 0.2) is 0 Å². The van der Waals surface area contributed by atoms with Gasteiger partial charge in [-0.15, -0.1) is 0 Å². The van der Waals surface area contributed by atoms with Gasteiger partial charge in [0.1, 0.15) is 11.6 Å². The van der Waals surface area contributed by atoms with E-state index in [1.165, 1.54) is 16.7 Å². The third kappa shape index (κ3) is 6.73. The van der Waals surface area contributed by atoms with E-state index in [1.807, 2.05) is 20.8 Å². The van der Waals surface area contributed by atoms with E-state index in [4.69, 9.17) is 14.7 Å². The number of aliphatic hydroxyl groups is 1. The molecule has 6 nitrogen and oxygen atoms in total. The standard InChI is InChI=1S/C25H38N4O2/c1-6-24-23(15-21-9-7-8-19(4)14-21)25(27-20(5)26-24)29-12-10-28(11-13-29)16-22(30)17-31-18(2)3/h7-9,14,18,22,30H,6,10-13,15-17H2,1-5H3. The Morgan fingerprint density at radius 2 is 1.84 bits per heavy atom. The Morgan fingerprint density at radius 1 is 1.10 bits per heavy atom. The lowest BCUT2D eigenvalue weighted by Crippen LogP contribution is -2.49. The van der Waals surface area contributed by atoms with E-state index in [2.05, 4.69) is 47.9 Å². The second kappa shape index (κ2) is 11.0. The molecule has 6 heteroatoms. The van der Waals surface area contributed by atoms with Gasteiger partial charge in [-0.05, 0) is 39.7 Å². The number of aryl methyl sites for hydroxylation is 3. The summed E-state index contributed by atoms with van der Waals surface area (Å²) in [6.07, 6.45) is 1.46. The molecular formula is C25H38N4O2. The summed E-state index contributed by atoms with van der Waals surface area (Å²) in [7, 11) is 0. The number of ether oxygens (including phenoxy) is 1. The summed E-state index contributed by atoms with van der Waals surface area (Å²) in [6.45, 7) is 14.9. The molecule has 0 amide bonds. The number of rotatable bonds is 9. The molecule has 1 unspecified atom stereocenters. The molecule has 170 valence electrons. The van der Waals surface area contributed by atoms with E-state index in [9.17, 15) is 5.11 Å². The van der Waals surface area contributed by atoms with Crippen LogP contribution < -0.4 is 4.90 Å². The molecule has 0 saturated carbocycles. The lowest BCUT2D eigenvalue weighted by Gasteiger charge is -2.37. The van der Waals surface area contributed by atoms with Gasteiger partial charge >= 0.3 is 0 Å². The largest absolute Gasteiger partial charge is 0.389 e. The second-order valence-corrected chi connectivity index (χ2v) is 8.86. The van der Waals surface area contributed by atoms with Gasteiger partial charge < -0.3 is 14.7 Å². The van der Waals surface area contributed by atoms with Crippen molar-refractivity contribution in [3.63, 3.8) is 0 Å². The average Bonchev–Trinajstić information content (AvgIpc) is 2.74. The summed E-state index contributed by atoms with van der Waals surface area (Å²) in [6, 6.07) is 8.70. The molecule has 0 bridgehead atoms. The smallest absolute Gasteiger partial charge is 0.136 e. The van der Waals surface area contributed by atoms with Crippen molar-refractivity contribution in [2.75, 3.05) is 44.2 Å². The molecule has 1 saturated heterocycles. The molecule has 2 heterocycles. The van der Waals surface area contributed by atoms with E-state index in [-0.39, 0.29) is 6.10 Å². The Balaban J connectivity index is 1.72. The van der Waals surface area contributed by atoms with Gasteiger partial charge in [-0.3, -0.25) is 4.90 Å². The van der Waals surface area contributed by atoms with Crippen LogP contribution in [0.4, 0.5) is 5.82 Å². The minimum Gasteiger partial charge on any atom is -0.389 e. The molecular weight excluding hydrogens is 388 g/mol. The van der Waals surface area contributed by atoms with Gasteiger partial charge in [-0.1, -0.05) is 36.8 Å². The molecule has 1 aliphatic heterocycles. The first-order chi connectivity index (χ1) is 14.9. The lowest BCUT2D eigenvalue weighted by atomic mass is 10.0. The highest BCUT2D eigenvalue weighted by Crippen LogP contribution is 2.26. The monoisotopic (exact) mass is 426 g/mol. The Morgan fingerprint density at radius 3 is 2.48 bits per heavy atom. The lowest BCUT2D eigenvalue weighted by molar-refractivity contribution is -0.00901. The number of piperazine rings is 1. The Hall–Kier alpha value is -2.02. The minimum absolute atomic E-state index is 0.145. The van der Waals surface area contributed by atoms with E-state index < -0.39 is 6.10 Å². The van der Waals surface area contributed by atoms with Crippen LogP contribution in [0.1, 0.15) is 49.0 Å². The van der Waals surface area contributed by atoms with Gasteiger partial charge in [0.05, 0.1) is 18.8 Å². The van der Waals surface area contributed by atoms with Gasteiger partial charge in [0.2, 0.25) is 0 Å². The topological polar surface area (TPSA) is 61.7 Å². The van der Waals surface area contributed by atoms with Crippen LogP contribution in [0.15, 0.2) is 24.3 Å². The summed E-state index contributed by atoms with van der Waals surface area (Å²) in [5, 5.41) is 10.3. The first-order valence-electron chi connectivity index (χ1n) is 11.5. The highest BCUT2D eigenvalue weighted by atomic mass is 16.5. The molecule has 1 aliphatic rings. The van der Waals surface area contributed by atoms with Gasteiger partial charge in [0, 0.05) is 50.4 Å². The molecule has 3 rings (SSSR count). The fourth-order valence-corrected chi connectivity index (χ4v) is 4.20. The van der Waals surface area contributed by atoms with Crippen LogP contribution in [0, 0.1) is 13.8 Å². The number of aliphatic hydroxyl groups excluding tert-OH is 1. The number of nitrogens with zero attached hydrogens (tertiary/aromatic N) is 4. The minimum atomic E-state index is -0.446. The number of anilines is 1. The van der Waals surface area contributed by atoms with Gasteiger partial charge in [0.25, 0.3) is 0 Å². The first-order valence-corrected chi connectivity index (χ1v) is 11.5. The fourth-order valence-electron chi connectivity index (χ4n) is 4.20. The normalized spacial score (nSPS) is 16.2. The quantitative estimate of drug-likeness (QED) is 0.665. The second-order valence-electron chi connectivity index (χ2n) is 8.86. The predicted octanol–water partition coefficient (Wildman–Crippen LogP) is 3.15. The van der Waals surface area contributed by atoms with Crippen LogP contribution in [0.25, 0.3) is 0 Å². The van der Waals surface area contributed by atoms with E-state index in [0.29, 0.717) is 13.2 Å². The van der Waals surface area contributed by atoms with Crippen LogP contribution in [0.5, 0.6) is 0 Å². The summed E-state index contributed by atoms with van der Waals surface area (Å²) < 4.78 is 5.55. The molecule has 1 aromatic heterocycles. The Kier molecular flexibility index (Phi) is 8.41. The summed E-state index contributed by atoms with van der Waals surface area (Å²) in [5.41, 5.74) is 4.97. The fraction of sp³-hybridized carbons (Fsp3) is 0.600. The third-order valence-electron chi connectivity index (χ3n) is 5.74. The van der Waals surface area contributed by atoms with Crippen molar-refractivity contribution in [2.24, 2.45) is 0 Å². The maximum absolute atomic E-state index is 10.3. The summed E-state index contributed by atoms with van der Waals surface area (Å²) >= 11 is 0. The van der Waals surface area contributed by atoms with Crippen molar-refractivity contribution in [3.05, 3.63) is 52.5 Å². The van der Waals surface area contributed by atoms with Crippen LogP contribution in [0.3, 0.4) is 0 Å². The number of β-amino-alcohol motifs (C(OH)–C–C–N with tert-alkyl or cyclic N) is 1. The Bertz CT molecular complexity index is 847. The first kappa shape index (κ1) is 23.6. The van der Waals surface area contributed by atoms with Crippen LogP contribution in [-0.4, -0.2) is 71.5 Å². The van der Waals surface area contributed by atoms with Crippen LogP contribution in [-0.2, 0) is 17.6 Å². The maximum Gasteiger partial charge on any atom is 0.136 e. The zero-order valence-corrected chi connectivity index (χ0v) is 19.8. The summed E-state index contributed by atoms with van der Waals surface area (Å²) in [5.74, 6) is 1.91. The molecule has 31 heavy (non-hydrogen) atoms. The number of aromatic nitrogens is 2. The van der Waals surface area contributed by atoms with E-state index >= 15 is 0 Å². The van der Waals surface area contributed by atoms with E-state index in [0.717, 1.165) is 56.4 Å². The van der Waals surface area contributed by atoms with Crippen LogP contribution in [0.2, 0.25) is 0 Å². The van der Waals surface area contributed by atoms with Crippen molar-refractivity contribution < 1.29 is 9.84 Å². The molecule has 1 fully saturated rings. The maximum atomic E-state index is 10.3. The Labute approximate surface area is 187 Å². The highest BCUT2D eigenvalue weighted by molar-refractivity contribution is 5.52. The zero-order chi connectivity index (χ0) is 22.4. The van der Waals surface area contributed by atoms with Crippen molar-refractivity contribution in [1.29, 1.82) is 0 Å². The number of hydrogen-bond donors (Lipinski definition) is 1.